The van der Waals surface area contributed by atoms with Crippen molar-refractivity contribution in [2.75, 3.05) is 24.4 Å². The van der Waals surface area contributed by atoms with Gasteiger partial charge in [0.25, 0.3) is 0 Å². The molecular weight excluding hydrogens is 234 g/mol. The standard InChI is InChI=1S/C11H13N5S/c1-16(2)10-5-3-9(4-6-10)7-12-14-11-15-13-8-17-11/h3-8H,1-2H3,(H,14,15)/b12-7+. The zero-order valence-electron chi connectivity index (χ0n) is 9.66. The largest absolute Gasteiger partial charge is 0.378 e. The van der Waals surface area contributed by atoms with E-state index < -0.39 is 0 Å². The summed E-state index contributed by atoms with van der Waals surface area (Å²) >= 11 is 1.41. The first-order valence-electron chi connectivity index (χ1n) is 5.08. The maximum atomic E-state index is 4.08. The van der Waals surface area contributed by atoms with Crippen molar-refractivity contribution >= 4 is 28.4 Å². The van der Waals surface area contributed by atoms with Gasteiger partial charge in [-0.1, -0.05) is 23.5 Å². The van der Waals surface area contributed by atoms with Gasteiger partial charge in [0, 0.05) is 19.8 Å². The van der Waals surface area contributed by atoms with E-state index in [-0.39, 0.29) is 0 Å². The van der Waals surface area contributed by atoms with E-state index in [9.17, 15) is 0 Å². The summed E-state index contributed by atoms with van der Waals surface area (Å²) < 4.78 is 0. The minimum atomic E-state index is 0.686. The smallest absolute Gasteiger partial charge is 0.225 e. The van der Waals surface area contributed by atoms with Crippen LogP contribution in [0.3, 0.4) is 0 Å². The van der Waals surface area contributed by atoms with Crippen LogP contribution in [0.2, 0.25) is 0 Å². The first-order chi connectivity index (χ1) is 8.25. The van der Waals surface area contributed by atoms with E-state index in [4.69, 9.17) is 0 Å². The van der Waals surface area contributed by atoms with Crippen LogP contribution < -0.4 is 10.3 Å². The molecule has 88 valence electrons. The molecule has 0 aliphatic rings. The highest BCUT2D eigenvalue weighted by atomic mass is 32.1. The molecule has 0 radical (unpaired) electrons. The van der Waals surface area contributed by atoms with Gasteiger partial charge in [-0.15, -0.1) is 10.2 Å². The lowest BCUT2D eigenvalue weighted by Gasteiger charge is -2.11. The van der Waals surface area contributed by atoms with Crippen molar-refractivity contribution in [3.05, 3.63) is 35.3 Å². The Bertz CT molecular complexity index is 475. The molecule has 1 aromatic heterocycles. The molecule has 0 aliphatic heterocycles. The van der Waals surface area contributed by atoms with Crippen molar-refractivity contribution in [3.8, 4) is 0 Å². The first-order valence-corrected chi connectivity index (χ1v) is 5.96. The van der Waals surface area contributed by atoms with Crippen LogP contribution in [0.5, 0.6) is 0 Å². The molecule has 0 saturated heterocycles. The monoisotopic (exact) mass is 247 g/mol. The van der Waals surface area contributed by atoms with Gasteiger partial charge in [-0.25, -0.2) is 0 Å². The fourth-order valence-corrected chi connectivity index (χ4v) is 1.64. The molecular formula is C11H13N5S. The second-order valence-electron chi connectivity index (χ2n) is 3.60. The molecule has 1 aromatic carbocycles. The Balaban J connectivity index is 1.96. The fourth-order valence-electron chi connectivity index (χ4n) is 1.24. The first kappa shape index (κ1) is 11.5. The van der Waals surface area contributed by atoms with Crippen LogP contribution in [0.1, 0.15) is 5.56 Å². The van der Waals surface area contributed by atoms with Crippen molar-refractivity contribution in [3.63, 3.8) is 0 Å². The van der Waals surface area contributed by atoms with E-state index in [2.05, 4.69) is 25.6 Å². The molecule has 0 atom stereocenters. The minimum absolute atomic E-state index is 0.686. The molecule has 0 bridgehead atoms. The van der Waals surface area contributed by atoms with E-state index in [1.54, 1.807) is 11.7 Å². The molecule has 6 heteroatoms. The lowest BCUT2D eigenvalue weighted by molar-refractivity contribution is 1.08. The third-order valence-corrected chi connectivity index (χ3v) is 2.74. The van der Waals surface area contributed by atoms with Crippen LogP contribution in [0, 0.1) is 0 Å². The van der Waals surface area contributed by atoms with Gasteiger partial charge in [0.05, 0.1) is 6.21 Å². The maximum absolute atomic E-state index is 4.08. The summed E-state index contributed by atoms with van der Waals surface area (Å²) in [6, 6.07) is 8.12. The normalized spacial score (nSPS) is 10.7. The van der Waals surface area contributed by atoms with Crippen LogP contribution in [-0.4, -0.2) is 30.5 Å². The van der Waals surface area contributed by atoms with Crippen molar-refractivity contribution in [1.29, 1.82) is 0 Å². The van der Waals surface area contributed by atoms with Gasteiger partial charge < -0.3 is 4.90 Å². The predicted molar refractivity (Wildman–Crippen MR) is 71.9 cm³/mol. The number of aromatic nitrogens is 2. The van der Waals surface area contributed by atoms with E-state index >= 15 is 0 Å². The number of hydrogen-bond acceptors (Lipinski definition) is 6. The lowest BCUT2D eigenvalue weighted by atomic mass is 10.2. The highest BCUT2D eigenvalue weighted by Crippen LogP contribution is 2.11. The van der Waals surface area contributed by atoms with Gasteiger partial charge >= 0.3 is 0 Å². The lowest BCUT2D eigenvalue weighted by Crippen LogP contribution is -2.08. The van der Waals surface area contributed by atoms with Crippen LogP contribution >= 0.6 is 11.3 Å². The van der Waals surface area contributed by atoms with Crippen molar-refractivity contribution in [2.24, 2.45) is 5.10 Å². The summed E-state index contributed by atoms with van der Waals surface area (Å²) in [5.41, 5.74) is 6.67. The predicted octanol–water partition coefficient (Wildman–Crippen LogP) is 2.05. The van der Waals surface area contributed by atoms with Crippen molar-refractivity contribution in [2.45, 2.75) is 0 Å². The Morgan fingerprint density at radius 2 is 2.06 bits per heavy atom. The molecule has 0 amide bonds. The number of nitrogens with zero attached hydrogens (tertiary/aromatic N) is 4. The second-order valence-corrected chi connectivity index (χ2v) is 4.43. The zero-order valence-corrected chi connectivity index (χ0v) is 10.5. The molecule has 0 aliphatic carbocycles. The second kappa shape index (κ2) is 5.40. The van der Waals surface area contributed by atoms with Crippen LogP contribution in [0.4, 0.5) is 10.8 Å². The molecule has 0 fully saturated rings. The molecule has 0 spiro atoms. The molecule has 17 heavy (non-hydrogen) atoms. The average Bonchev–Trinajstić information content (AvgIpc) is 2.83. The zero-order chi connectivity index (χ0) is 12.1. The van der Waals surface area contributed by atoms with Gasteiger partial charge in [0.1, 0.15) is 5.51 Å². The van der Waals surface area contributed by atoms with Crippen LogP contribution in [0.15, 0.2) is 34.9 Å². The Kier molecular flexibility index (Phi) is 3.66. The Hall–Kier alpha value is -1.95. The molecule has 2 rings (SSSR count). The highest BCUT2D eigenvalue weighted by Gasteiger charge is 1.94. The van der Waals surface area contributed by atoms with Gasteiger partial charge in [-0.2, -0.15) is 5.10 Å². The van der Waals surface area contributed by atoms with Crippen molar-refractivity contribution in [1.82, 2.24) is 10.2 Å². The van der Waals surface area contributed by atoms with Gasteiger partial charge in [0.15, 0.2) is 0 Å². The summed E-state index contributed by atoms with van der Waals surface area (Å²) in [5, 5.41) is 12.3. The Morgan fingerprint density at radius 1 is 1.29 bits per heavy atom. The highest BCUT2D eigenvalue weighted by molar-refractivity contribution is 7.13. The third-order valence-electron chi connectivity index (χ3n) is 2.14. The summed E-state index contributed by atoms with van der Waals surface area (Å²) in [6.45, 7) is 0. The number of hydrogen-bond donors (Lipinski definition) is 1. The van der Waals surface area contributed by atoms with Gasteiger partial charge in [-0.05, 0) is 17.7 Å². The summed E-state index contributed by atoms with van der Waals surface area (Å²) in [4.78, 5) is 2.06. The maximum Gasteiger partial charge on any atom is 0.225 e. The van der Waals surface area contributed by atoms with E-state index in [1.807, 2.05) is 38.4 Å². The third kappa shape index (κ3) is 3.25. The van der Waals surface area contributed by atoms with Crippen LogP contribution in [0.25, 0.3) is 0 Å². The van der Waals surface area contributed by atoms with Gasteiger partial charge in [0.2, 0.25) is 5.13 Å². The number of rotatable bonds is 4. The average molecular weight is 247 g/mol. The molecule has 1 N–H and O–H groups in total. The molecule has 5 nitrogen and oxygen atoms in total. The number of hydrazone groups is 1. The summed E-state index contributed by atoms with van der Waals surface area (Å²) in [5.74, 6) is 0. The molecule has 0 unspecified atom stereocenters. The van der Waals surface area contributed by atoms with E-state index in [0.717, 1.165) is 5.56 Å². The van der Waals surface area contributed by atoms with Crippen molar-refractivity contribution < 1.29 is 0 Å². The Morgan fingerprint density at radius 3 is 2.65 bits per heavy atom. The topological polar surface area (TPSA) is 53.4 Å². The fraction of sp³-hybridized carbons (Fsp3) is 0.182. The minimum Gasteiger partial charge on any atom is -0.378 e. The molecule has 2 aromatic rings. The summed E-state index contributed by atoms with van der Waals surface area (Å²) in [7, 11) is 4.03. The quantitative estimate of drug-likeness (QED) is 0.663. The Labute approximate surface area is 104 Å². The summed E-state index contributed by atoms with van der Waals surface area (Å²) in [6.07, 6.45) is 1.75. The van der Waals surface area contributed by atoms with Gasteiger partial charge in [-0.3, -0.25) is 5.43 Å². The number of anilines is 2. The molecule has 0 saturated carbocycles. The van der Waals surface area contributed by atoms with E-state index in [1.165, 1.54) is 17.0 Å². The van der Waals surface area contributed by atoms with Crippen LogP contribution in [-0.2, 0) is 0 Å². The van der Waals surface area contributed by atoms with E-state index in [0.29, 0.717) is 5.13 Å². The SMILES string of the molecule is CN(C)c1ccc(/C=N/Nc2nncs2)cc1. The molecule has 1 heterocycles. The number of benzene rings is 1. The number of nitrogens with one attached hydrogen (secondary N) is 1.